The number of benzene rings is 2. The fraction of sp³-hybridized carbons (Fsp3) is 0.381. The maximum absolute atomic E-state index is 12.1. The van der Waals surface area contributed by atoms with Gasteiger partial charge in [0.05, 0.1) is 0 Å². The lowest BCUT2D eigenvalue weighted by molar-refractivity contribution is -0.121. The van der Waals surface area contributed by atoms with Gasteiger partial charge in [0, 0.05) is 18.7 Å². The molecular formula is C21H29ClN2O. The number of hydrogen-bond acceptors (Lipinski definition) is 2. The third-order valence-electron chi connectivity index (χ3n) is 4.38. The van der Waals surface area contributed by atoms with Gasteiger partial charge in [0.25, 0.3) is 0 Å². The van der Waals surface area contributed by atoms with E-state index >= 15 is 0 Å². The van der Waals surface area contributed by atoms with Crippen molar-refractivity contribution in [2.75, 3.05) is 12.3 Å². The van der Waals surface area contributed by atoms with Gasteiger partial charge in [-0.25, -0.2) is 0 Å². The van der Waals surface area contributed by atoms with Crippen LogP contribution >= 0.6 is 12.4 Å². The van der Waals surface area contributed by atoms with Gasteiger partial charge in [-0.05, 0) is 47.1 Å². The van der Waals surface area contributed by atoms with Gasteiger partial charge in [0.15, 0.2) is 0 Å². The monoisotopic (exact) mass is 360 g/mol. The van der Waals surface area contributed by atoms with E-state index in [9.17, 15) is 4.79 Å². The summed E-state index contributed by atoms with van der Waals surface area (Å²) in [5.41, 5.74) is 10.2. The third-order valence-corrected chi connectivity index (χ3v) is 4.38. The van der Waals surface area contributed by atoms with Crippen LogP contribution in [0.25, 0.3) is 0 Å². The Morgan fingerprint density at radius 2 is 1.52 bits per heavy atom. The van der Waals surface area contributed by atoms with Crippen molar-refractivity contribution in [3.05, 3.63) is 65.2 Å². The molecule has 2 aromatic rings. The molecule has 0 spiro atoms. The van der Waals surface area contributed by atoms with E-state index in [-0.39, 0.29) is 24.2 Å². The van der Waals surface area contributed by atoms with Crippen molar-refractivity contribution in [2.24, 2.45) is 0 Å². The van der Waals surface area contributed by atoms with Gasteiger partial charge in [-0.3, -0.25) is 4.79 Å². The Balaban J connectivity index is 0.00000312. The fourth-order valence-corrected chi connectivity index (χ4v) is 2.71. The van der Waals surface area contributed by atoms with Gasteiger partial charge in [-0.15, -0.1) is 12.4 Å². The van der Waals surface area contributed by atoms with Crippen LogP contribution in [0.4, 0.5) is 5.69 Å². The Morgan fingerprint density at radius 3 is 2.08 bits per heavy atom. The molecule has 0 saturated heterocycles. The van der Waals surface area contributed by atoms with E-state index in [4.69, 9.17) is 5.73 Å². The Labute approximate surface area is 157 Å². The van der Waals surface area contributed by atoms with Crippen molar-refractivity contribution in [2.45, 2.75) is 45.4 Å². The largest absolute Gasteiger partial charge is 0.399 e. The summed E-state index contributed by atoms with van der Waals surface area (Å²) in [6, 6.07) is 16.4. The first-order valence-electron chi connectivity index (χ1n) is 8.66. The average Bonchev–Trinajstić information content (AvgIpc) is 2.56. The van der Waals surface area contributed by atoms with Crippen LogP contribution in [-0.2, 0) is 11.2 Å². The van der Waals surface area contributed by atoms with E-state index in [1.807, 2.05) is 24.3 Å². The highest BCUT2D eigenvalue weighted by Crippen LogP contribution is 2.22. The van der Waals surface area contributed by atoms with E-state index < -0.39 is 0 Å². The van der Waals surface area contributed by atoms with Crippen LogP contribution < -0.4 is 11.1 Å². The molecule has 0 fully saturated rings. The zero-order valence-corrected chi connectivity index (χ0v) is 16.1. The topological polar surface area (TPSA) is 55.1 Å². The van der Waals surface area contributed by atoms with Crippen LogP contribution in [-0.4, -0.2) is 12.5 Å². The number of rotatable bonds is 7. The highest BCUT2D eigenvalue weighted by molar-refractivity contribution is 5.85. The van der Waals surface area contributed by atoms with Gasteiger partial charge >= 0.3 is 0 Å². The number of nitrogen functional groups attached to an aromatic ring is 1. The van der Waals surface area contributed by atoms with Gasteiger partial charge < -0.3 is 11.1 Å². The van der Waals surface area contributed by atoms with Crippen LogP contribution in [0.1, 0.15) is 55.7 Å². The Hall–Kier alpha value is -2.00. The molecule has 2 aromatic carbocycles. The first-order valence-corrected chi connectivity index (χ1v) is 8.66. The molecule has 0 aromatic heterocycles. The summed E-state index contributed by atoms with van der Waals surface area (Å²) in [7, 11) is 0. The lowest BCUT2D eigenvalue weighted by atomic mass is 9.94. The van der Waals surface area contributed by atoms with Crippen LogP contribution in [0, 0.1) is 0 Å². The molecule has 136 valence electrons. The van der Waals surface area contributed by atoms with Crippen molar-refractivity contribution in [3.8, 4) is 0 Å². The molecular weight excluding hydrogens is 332 g/mol. The number of nitrogens with one attached hydrogen (secondary N) is 1. The molecule has 1 amide bonds. The lowest BCUT2D eigenvalue weighted by Gasteiger charge is -2.14. The smallest absolute Gasteiger partial charge is 0.220 e. The van der Waals surface area contributed by atoms with Crippen LogP contribution in [0.2, 0.25) is 0 Å². The highest BCUT2D eigenvalue weighted by atomic mass is 35.5. The highest BCUT2D eigenvalue weighted by Gasteiger charge is 2.11. The number of carbonyl (C=O) groups excluding carboxylic acids is 1. The van der Waals surface area contributed by atoms with E-state index in [1.54, 1.807) is 0 Å². The van der Waals surface area contributed by atoms with Crippen LogP contribution in [0.15, 0.2) is 48.5 Å². The van der Waals surface area contributed by atoms with Crippen molar-refractivity contribution >= 4 is 24.0 Å². The zero-order valence-electron chi connectivity index (χ0n) is 15.3. The molecule has 0 radical (unpaired) electrons. The lowest BCUT2D eigenvalue weighted by Crippen LogP contribution is -2.26. The fourth-order valence-electron chi connectivity index (χ4n) is 2.71. The summed E-state index contributed by atoms with van der Waals surface area (Å²) in [5, 5.41) is 3.01. The summed E-state index contributed by atoms with van der Waals surface area (Å²) in [5.74, 6) is 0.861. The van der Waals surface area contributed by atoms with Crippen molar-refractivity contribution in [1.29, 1.82) is 0 Å². The first kappa shape index (κ1) is 21.0. The Morgan fingerprint density at radius 1 is 0.960 bits per heavy atom. The normalized spacial score (nSPS) is 11.7. The molecule has 3 nitrogen and oxygen atoms in total. The maximum Gasteiger partial charge on any atom is 0.220 e. The number of halogens is 1. The number of hydrogen-bond donors (Lipinski definition) is 2. The first-order chi connectivity index (χ1) is 11.5. The third kappa shape index (κ3) is 6.79. The van der Waals surface area contributed by atoms with Crippen molar-refractivity contribution in [1.82, 2.24) is 5.32 Å². The van der Waals surface area contributed by atoms with E-state index in [0.29, 0.717) is 18.9 Å². The van der Waals surface area contributed by atoms with Crippen molar-refractivity contribution < 1.29 is 4.79 Å². The minimum absolute atomic E-state index is 0. The average molecular weight is 361 g/mol. The second kappa shape index (κ2) is 10.1. The number of amides is 1. The molecule has 3 N–H and O–H groups in total. The van der Waals surface area contributed by atoms with Gasteiger partial charge in [-0.2, -0.15) is 0 Å². The quantitative estimate of drug-likeness (QED) is 0.705. The second-order valence-electron chi connectivity index (χ2n) is 6.77. The van der Waals surface area contributed by atoms with Crippen molar-refractivity contribution in [3.63, 3.8) is 0 Å². The van der Waals surface area contributed by atoms with E-state index in [0.717, 1.165) is 12.1 Å². The molecule has 0 aliphatic heterocycles. The molecule has 2 rings (SSSR count). The molecule has 1 atom stereocenters. The summed E-state index contributed by atoms with van der Waals surface area (Å²) in [4.78, 5) is 12.1. The predicted molar refractivity (Wildman–Crippen MR) is 108 cm³/mol. The predicted octanol–water partition coefficient (Wildman–Crippen LogP) is 4.67. The molecule has 0 aliphatic rings. The van der Waals surface area contributed by atoms with Crippen LogP contribution in [0.5, 0.6) is 0 Å². The van der Waals surface area contributed by atoms with E-state index in [2.05, 4.69) is 50.4 Å². The molecule has 1 unspecified atom stereocenters. The summed E-state index contributed by atoms with van der Waals surface area (Å²) >= 11 is 0. The van der Waals surface area contributed by atoms with Crippen LogP contribution in [0.3, 0.4) is 0 Å². The minimum Gasteiger partial charge on any atom is -0.399 e. The summed E-state index contributed by atoms with van der Waals surface area (Å²) in [6.07, 6.45) is 1.34. The van der Waals surface area contributed by atoms with Gasteiger partial charge in [0.1, 0.15) is 0 Å². The summed E-state index contributed by atoms with van der Waals surface area (Å²) in [6.45, 7) is 7.13. The van der Waals surface area contributed by atoms with E-state index in [1.165, 1.54) is 16.7 Å². The van der Waals surface area contributed by atoms with Gasteiger partial charge in [0.2, 0.25) is 5.91 Å². The second-order valence-corrected chi connectivity index (χ2v) is 6.77. The molecule has 0 saturated carbocycles. The number of anilines is 1. The number of nitrogens with two attached hydrogens (primary N) is 1. The zero-order chi connectivity index (χ0) is 17.5. The maximum atomic E-state index is 12.1. The Bertz CT molecular complexity index is 651. The summed E-state index contributed by atoms with van der Waals surface area (Å²) < 4.78 is 0. The molecule has 25 heavy (non-hydrogen) atoms. The molecule has 0 aliphatic carbocycles. The minimum atomic E-state index is 0. The molecule has 0 bridgehead atoms. The standard InChI is InChI=1S/C21H28N2O.ClH/c1-15(2)18-6-8-19(9-7-18)16(3)14-21(24)23-13-12-17-4-10-20(22)11-5-17;/h4-11,15-16H,12-14,22H2,1-3H3,(H,23,24);1H. The van der Waals surface area contributed by atoms with Gasteiger partial charge in [-0.1, -0.05) is 57.2 Å². The number of carbonyl (C=O) groups is 1. The Kier molecular flexibility index (Phi) is 8.50. The molecule has 0 heterocycles. The SMILES string of the molecule is CC(C)c1ccc(C(C)CC(=O)NCCc2ccc(N)cc2)cc1.Cl. The molecule has 4 heteroatoms.